The van der Waals surface area contributed by atoms with Crippen LogP contribution >= 0.6 is 12.4 Å². The molecule has 0 amide bonds. The van der Waals surface area contributed by atoms with Gasteiger partial charge in [-0.3, -0.25) is 0 Å². The fraction of sp³-hybridized carbons (Fsp3) is 0.375. The van der Waals surface area contributed by atoms with Crippen LogP contribution in [0.15, 0.2) is 22.7 Å². The third-order valence-electron chi connectivity index (χ3n) is 4.26. The zero-order chi connectivity index (χ0) is 14.3. The van der Waals surface area contributed by atoms with Crippen molar-refractivity contribution >= 4 is 24.6 Å². The largest absolute Gasteiger partial charge is 0.493 e. The highest BCUT2D eigenvalue weighted by molar-refractivity contribution is 5.85. The fourth-order valence-corrected chi connectivity index (χ4v) is 2.76. The zero-order valence-electron chi connectivity index (χ0n) is 12.1. The predicted molar refractivity (Wildman–Crippen MR) is 85.8 cm³/mol. The normalized spacial score (nSPS) is 18.4. The van der Waals surface area contributed by atoms with Crippen molar-refractivity contribution in [2.24, 2.45) is 5.73 Å². The van der Waals surface area contributed by atoms with Crippen molar-refractivity contribution in [3.63, 3.8) is 0 Å². The van der Waals surface area contributed by atoms with Gasteiger partial charge in [-0.05, 0) is 48.6 Å². The van der Waals surface area contributed by atoms with Crippen LogP contribution in [0.25, 0.3) is 12.2 Å². The van der Waals surface area contributed by atoms with Gasteiger partial charge >= 0.3 is 0 Å². The average molecular weight is 320 g/mol. The first-order valence-electron chi connectivity index (χ1n) is 7.30. The topological polar surface area (TPSA) is 74.2 Å². The second-order valence-electron chi connectivity index (χ2n) is 5.76. The number of hydrogen-bond acceptors (Lipinski definition) is 5. The molecule has 1 aliphatic carbocycles. The molecule has 2 heterocycles. The summed E-state index contributed by atoms with van der Waals surface area (Å²) < 4.78 is 10.7. The molecule has 0 unspecified atom stereocenters. The Morgan fingerprint density at radius 1 is 1.23 bits per heavy atom. The lowest BCUT2D eigenvalue weighted by Crippen LogP contribution is -2.44. The summed E-state index contributed by atoms with van der Waals surface area (Å²) in [6.45, 7) is 0.772. The third kappa shape index (κ3) is 2.62. The molecule has 1 aliphatic heterocycles. The number of ether oxygens (including phenoxy) is 1. The minimum absolute atomic E-state index is 0. The Morgan fingerprint density at radius 2 is 2.09 bits per heavy atom. The molecule has 0 radical (unpaired) electrons. The highest BCUT2D eigenvalue weighted by atomic mass is 35.5. The number of aromatic nitrogens is 2. The van der Waals surface area contributed by atoms with E-state index in [-0.39, 0.29) is 17.9 Å². The molecule has 0 bridgehead atoms. The van der Waals surface area contributed by atoms with Crippen molar-refractivity contribution in [2.75, 3.05) is 6.61 Å². The Bertz CT molecular complexity index is 707. The van der Waals surface area contributed by atoms with Crippen LogP contribution in [-0.4, -0.2) is 16.7 Å². The molecule has 1 saturated carbocycles. The number of nitrogens with two attached hydrogens (primary N) is 1. The lowest BCUT2D eigenvalue weighted by Gasteiger charge is -2.34. The molecule has 2 aromatic rings. The third-order valence-corrected chi connectivity index (χ3v) is 4.26. The molecule has 1 aromatic heterocycles. The van der Waals surface area contributed by atoms with E-state index >= 15 is 0 Å². The molecular weight excluding hydrogens is 302 g/mol. The molecule has 2 N–H and O–H groups in total. The monoisotopic (exact) mass is 319 g/mol. The molecule has 0 spiro atoms. The van der Waals surface area contributed by atoms with E-state index in [0.29, 0.717) is 11.7 Å². The van der Waals surface area contributed by atoms with Crippen molar-refractivity contribution in [3.8, 4) is 5.75 Å². The highest BCUT2D eigenvalue weighted by Gasteiger charge is 2.38. The summed E-state index contributed by atoms with van der Waals surface area (Å²) in [5, 5.41) is 4.00. The van der Waals surface area contributed by atoms with Gasteiger partial charge < -0.3 is 15.0 Å². The quantitative estimate of drug-likeness (QED) is 0.941. The standard InChI is InChI=1S/C16H17N3O2.ClH/c17-16(7-1-8-16)15-18-14(21-19-15)5-3-11-2-4-13-12(10-11)6-9-20-13;/h2-5,10H,1,6-9,17H2;1H/b5-3+;. The van der Waals surface area contributed by atoms with Gasteiger partial charge in [-0.1, -0.05) is 11.2 Å². The van der Waals surface area contributed by atoms with E-state index in [1.54, 1.807) is 0 Å². The van der Waals surface area contributed by atoms with Crippen LogP contribution in [0, 0.1) is 0 Å². The molecule has 2 aliphatic rings. The van der Waals surface area contributed by atoms with Gasteiger partial charge in [0.2, 0.25) is 0 Å². The first-order chi connectivity index (χ1) is 10.2. The van der Waals surface area contributed by atoms with Gasteiger partial charge in [-0.2, -0.15) is 4.98 Å². The van der Waals surface area contributed by atoms with Crippen molar-refractivity contribution < 1.29 is 9.26 Å². The minimum Gasteiger partial charge on any atom is -0.493 e. The Kier molecular flexibility index (Phi) is 3.93. The predicted octanol–water partition coefficient (Wildman–Crippen LogP) is 2.93. The van der Waals surface area contributed by atoms with Crippen molar-refractivity contribution in [1.29, 1.82) is 0 Å². The van der Waals surface area contributed by atoms with Crippen LogP contribution in [0.2, 0.25) is 0 Å². The van der Waals surface area contributed by atoms with E-state index in [0.717, 1.165) is 43.6 Å². The summed E-state index contributed by atoms with van der Waals surface area (Å²) in [5.41, 5.74) is 8.16. The molecule has 1 aromatic carbocycles. The van der Waals surface area contributed by atoms with Gasteiger partial charge in [0.25, 0.3) is 5.89 Å². The Labute approximate surface area is 134 Å². The average Bonchev–Trinajstić information content (AvgIpc) is 3.11. The lowest BCUT2D eigenvalue weighted by molar-refractivity contribution is 0.229. The second-order valence-corrected chi connectivity index (χ2v) is 5.76. The van der Waals surface area contributed by atoms with Crippen LogP contribution in [0.1, 0.15) is 42.1 Å². The lowest BCUT2D eigenvalue weighted by atomic mass is 9.77. The summed E-state index contributed by atoms with van der Waals surface area (Å²) in [5.74, 6) is 2.11. The van der Waals surface area contributed by atoms with E-state index in [9.17, 15) is 0 Å². The number of rotatable bonds is 3. The smallest absolute Gasteiger partial charge is 0.250 e. The molecule has 0 saturated heterocycles. The van der Waals surface area contributed by atoms with Gasteiger partial charge in [0.15, 0.2) is 5.82 Å². The molecule has 0 atom stereocenters. The van der Waals surface area contributed by atoms with E-state index in [1.165, 1.54) is 5.56 Å². The molecule has 22 heavy (non-hydrogen) atoms. The SMILES string of the molecule is Cl.NC1(c2noc(/C=C/c3ccc4c(c3)CCO4)n2)CCC1. The van der Waals surface area contributed by atoms with Crippen LogP contribution in [0.5, 0.6) is 5.75 Å². The Balaban J connectivity index is 0.00000144. The van der Waals surface area contributed by atoms with Gasteiger partial charge in [-0.15, -0.1) is 12.4 Å². The van der Waals surface area contributed by atoms with E-state index in [2.05, 4.69) is 16.2 Å². The second kappa shape index (κ2) is 5.74. The number of fused-ring (bicyclic) bond motifs is 1. The number of halogens is 1. The first kappa shape index (κ1) is 15.1. The molecule has 5 nitrogen and oxygen atoms in total. The van der Waals surface area contributed by atoms with Crippen LogP contribution in [0.4, 0.5) is 0 Å². The van der Waals surface area contributed by atoms with Crippen molar-refractivity contribution in [2.45, 2.75) is 31.2 Å². The fourth-order valence-electron chi connectivity index (χ4n) is 2.76. The van der Waals surface area contributed by atoms with Gasteiger partial charge in [0, 0.05) is 12.5 Å². The van der Waals surface area contributed by atoms with E-state index < -0.39 is 0 Å². The molecular formula is C16H18ClN3O2. The summed E-state index contributed by atoms with van der Waals surface area (Å²) in [6.07, 6.45) is 7.77. The maximum atomic E-state index is 6.18. The summed E-state index contributed by atoms with van der Waals surface area (Å²) >= 11 is 0. The van der Waals surface area contributed by atoms with Crippen LogP contribution < -0.4 is 10.5 Å². The number of benzene rings is 1. The highest BCUT2D eigenvalue weighted by Crippen LogP contribution is 2.37. The van der Waals surface area contributed by atoms with Crippen LogP contribution in [-0.2, 0) is 12.0 Å². The number of nitrogens with zero attached hydrogens (tertiary/aromatic N) is 2. The molecule has 1 fully saturated rings. The summed E-state index contributed by atoms with van der Waals surface area (Å²) in [7, 11) is 0. The zero-order valence-corrected chi connectivity index (χ0v) is 12.9. The number of hydrogen-bond donors (Lipinski definition) is 1. The van der Waals surface area contributed by atoms with Gasteiger partial charge in [-0.25, -0.2) is 0 Å². The van der Waals surface area contributed by atoms with Crippen molar-refractivity contribution in [1.82, 2.24) is 10.1 Å². The molecule has 4 rings (SSSR count). The molecule has 6 heteroatoms. The minimum atomic E-state index is -0.375. The first-order valence-corrected chi connectivity index (χ1v) is 7.30. The Morgan fingerprint density at radius 3 is 2.86 bits per heavy atom. The summed E-state index contributed by atoms with van der Waals surface area (Å²) in [6, 6.07) is 6.16. The molecule has 116 valence electrons. The van der Waals surface area contributed by atoms with E-state index in [1.807, 2.05) is 24.3 Å². The summed E-state index contributed by atoms with van der Waals surface area (Å²) in [4.78, 5) is 4.38. The maximum Gasteiger partial charge on any atom is 0.250 e. The van der Waals surface area contributed by atoms with E-state index in [4.69, 9.17) is 15.0 Å². The Hall–Kier alpha value is -1.85. The van der Waals surface area contributed by atoms with Crippen molar-refractivity contribution in [3.05, 3.63) is 41.0 Å². The van der Waals surface area contributed by atoms with Gasteiger partial charge in [0.05, 0.1) is 12.1 Å². The van der Waals surface area contributed by atoms with Gasteiger partial charge in [0.1, 0.15) is 5.75 Å². The van der Waals surface area contributed by atoms with Crippen LogP contribution in [0.3, 0.4) is 0 Å². The maximum absolute atomic E-state index is 6.18.